The minimum Gasteiger partial charge on any atom is -0.460 e. The van der Waals surface area contributed by atoms with Gasteiger partial charge in [-0.05, 0) is 33.3 Å². The zero-order valence-electron chi connectivity index (χ0n) is 15.8. The third-order valence-corrected chi connectivity index (χ3v) is 3.83. The zero-order valence-corrected chi connectivity index (χ0v) is 15.8. The highest BCUT2D eigenvalue weighted by molar-refractivity contribution is 5.75. The van der Waals surface area contributed by atoms with Crippen LogP contribution < -0.4 is 0 Å². The number of allylic oxidation sites excluding steroid dienone is 2. The molecule has 0 N–H and O–H groups in total. The minimum absolute atomic E-state index is 0.177. The molecule has 1 aliphatic rings. The number of nitrogens with zero attached hydrogens (tertiary/aromatic N) is 2. The lowest BCUT2D eigenvalue weighted by molar-refractivity contribution is -0.148. The molecule has 1 aliphatic heterocycles. The first-order valence-corrected chi connectivity index (χ1v) is 8.50. The number of piperazine rings is 1. The second-order valence-electron chi connectivity index (χ2n) is 6.97. The van der Waals surface area contributed by atoms with Crippen LogP contribution in [-0.2, 0) is 14.3 Å². The maximum atomic E-state index is 12.2. The molecule has 1 rings (SSSR count). The van der Waals surface area contributed by atoms with Crippen LogP contribution in [-0.4, -0.2) is 66.3 Å². The molecule has 1 atom stereocenters. The van der Waals surface area contributed by atoms with E-state index in [9.17, 15) is 9.59 Å². The Morgan fingerprint density at radius 2 is 1.76 bits per heavy atom. The number of amides is 1. The lowest BCUT2D eigenvalue weighted by Gasteiger charge is -2.37. The van der Waals surface area contributed by atoms with Crippen LogP contribution in [0.25, 0.3) is 0 Å². The van der Waals surface area contributed by atoms with E-state index in [1.807, 2.05) is 32.6 Å². The van der Waals surface area contributed by atoms with E-state index in [1.165, 1.54) is 0 Å². The molecule has 0 aromatic carbocycles. The molecule has 1 unspecified atom stereocenters. The fraction of sp³-hybridized carbons (Fsp3) is 0.579. The summed E-state index contributed by atoms with van der Waals surface area (Å²) in [5.41, 5.74) is 0.290. The Labute approximate surface area is 150 Å². The van der Waals surface area contributed by atoms with Gasteiger partial charge in [0.05, 0.1) is 0 Å². The topological polar surface area (TPSA) is 59.1 Å². The number of esters is 1. The smallest absolute Gasteiger partial charge is 0.410 e. The first-order chi connectivity index (χ1) is 11.7. The molecule has 0 spiro atoms. The van der Waals surface area contributed by atoms with Crippen molar-refractivity contribution in [1.82, 2.24) is 9.80 Å². The van der Waals surface area contributed by atoms with Crippen LogP contribution in [0, 0.1) is 0 Å². The van der Waals surface area contributed by atoms with Crippen molar-refractivity contribution in [1.29, 1.82) is 0 Å². The van der Waals surface area contributed by atoms with E-state index in [1.54, 1.807) is 23.1 Å². The third kappa shape index (κ3) is 7.13. The SMILES string of the molecule is C=C/C=C(\C=C)COC(=O)C(C)N1CCN(C(=O)OC(C)(C)C)CC1. The Morgan fingerprint density at radius 1 is 1.16 bits per heavy atom. The van der Waals surface area contributed by atoms with Gasteiger partial charge in [-0.3, -0.25) is 9.69 Å². The number of hydrogen-bond acceptors (Lipinski definition) is 5. The van der Waals surface area contributed by atoms with E-state index in [4.69, 9.17) is 9.47 Å². The largest absolute Gasteiger partial charge is 0.460 e. The van der Waals surface area contributed by atoms with E-state index < -0.39 is 5.60 Å². The fourth-order valence-corrected chi connectivity index (χ4v) is 2.37. The van der Waals surface area contributed by atoms with Crippen LogP contribution in [0.3, 0.4) is 0 Å². The molecule has 1 saturated heterocycles. The molecule has 6 nitrogen and oxygen atoms in total. The predicted molar refractivity (Wildman–Crippen MR) is 98.3 cm³/mol. The molecule has 1 fully saturated rings. The van der Waals surface area contributed by atoms with E-state index in [0.717, 1.165) is 5.57 Å². The van der Waals surface area contributed by atoms with Crippen molar-refractivity contribution in [3.8, 4) is 0 Å². The van der Waals surface area contributed by atoms with Gasteiger partial charge in [-0.15, -0.1) is 0 Å². The van der Waals surface area contributed by atoms with Gasteiger partial charge in [0.1, 0.15) is 18.2 Å². The van der Waals surface area contributed by atoms with Crippen LogP contribution in [0.2, 0.25) is 0 Å². The number of carbonyl (C=O) groups is 2. The lowest BCUT2D eigenvalue weighted by atomic mass is 10.2. The van der Waals surface area contributed by atoms with Gasteiger partial charge in [0.15, 0.2) is 0 Å². The average Bonchev–Trinajstić information content (AvgIpc) is 2.56. The lowest BCUT2D eigenvalue weighted by Crippen LogP contribution is -2.54. The van der Waals surface area contributed by atoms with Gasteiger partial charge in [-0.2, -0.15) is 0 Å². The number of hydrogen-bond donors (Lipinski definition) is 0. The van der Waals surface area contributed by atoms with Crippen molar-refractivity contribution < 1.29 is 19.1 Å². The first kappa shape index (κ1) is 21.0. The Kier molecular flexibility index (Phi) is 7.90. The van der Waals surface area contributed by atoms with Crippen molar-refractivity contribution in [3.05, 3.63) is 37.0 Å². The molecule has 6 heteroatoms. The van der Waals surface area contributed by atoms with Crippen molar-refractivity contribution in [2.24, 2.45) is 0 Å². The number of rotatable bonds is 6. The van der Waals surface area contributed by atoms with Crippen LogP contribution in [0.5, 0.6) is 0 Å². The summed E-state index contributed by atoms with van der Waals surface area (Å²) in [6.07, 6.45) is 4.71. The summed E-state index contributed by atoms with van der Waals surface area (Å²) < 4.78 is 10.7. The Hall–Kier alpha value is -2.08. The summed E-state index contributed by atoms with van der Waals surface area (Å²) in [6.45, 7) is 17.1. The molecule has 0 aromatic heterocycles. The standard InChI is InChI=1S/C19H30N2O4/c1-7-9-16(8-2)14-24-17(22)15(3)20-10-12-21(13-11-20)18(23)25-19(4,5)6/h7-9,15H,1-2,10-14H2,3-6H3/b16-9+. The molecule has 25 heavy (non-hydrogen) atoms. The summed E-state index contributed by atoms with van der Waals surface area (Å²) in [5, 5.41) is 0. The molecule has 1 amide bonds. The summed E-state index contributed by atoms with van der Waals surface area (Å²) in [5.74, 6) is -0.289. The zero-order chi connectivity index (χ0) is 19.0. The Bertz CT molecular complexity index is 526. The molecule has 140 valence electrons. The predicted octanol–water partition coefficient (Wildman–Crippen LogP) is 2.77. The summed E-state index contributed by atoms with van der Waals surface area (Å²) >= 11 is 0. The van der Waals surface area contributed by atoms with E-state index in [0.29, 0.717) is 26.2 Å². The van der Waals surface area contributed by atoms with Gasteiger partial charge in [0.25, 0.3) is 0 Å². The average molecular weight is 350 g/mol. The Morgan fingerprint density at radius 3 is 2.24 bits per heavy atom. The summed E-state index contributed by atoms with van der Waals surface area (Å²) in [4.78, 5) is 28.0. The molecular weight excluding hydrogens is 320 g/mol. The van der Waals surface area contributed by atoms with Gasteiger partial charge in [0, 0.05) is 26.2 Å². The van der Waals surface area contributed by atoms with E-state index in [-0.39, 0.29) is 24.7 Å². The fourth-order valence-electron chi connectivity index (χ4n) is 2.37. The monoisotopic (exact) mass is 350 g/mol. The quantitative estimate of drug-likeness (QED) is 0.544. The number of carbonyl (C=O) groups excluding carboxylic acids is 2. The Balaban J connectivity index is 2.46. The molecule has 0 aromatic rings. The van der Waals surface area contributed by atoms with Gasteiger partial charge >= 0.3 is 12.1 Å². The molecule has 0 aliphatic carbocycles. The van der Waals surface area contributed by atoms with Gasteiger partial charge in [-0.1, -0.05) is 31.4 Å². The van der Waals surface area contributed by atoms with Gasteiger partial charge in [0.2, 0.25) is 0 Å². The van der Waals surface area contributed by atoms with E-state index >= 15 is 0 Å². The second-order valence-corrected chi connectivity index (χ2v) is 6.97. The van der Waals surface area contributed by atoms with Crippen LogP contribution in [0.15, 0.2) is 37.0 Å². The molecular formula is C19H30N2O4. The van der Waals surface area contributed by atoms with E-state index in [2.05, 4.69) is 13.2 Å². The summed E-state index contributed by atoms with van der Waals surface area (Å²) in [6, 6.07) is -0.365. The molecule has 1 heterocycles. The van der Waals surface area contributed by atoms with Gasteiger partial charge in [-0.25, -0.2) is 4.79 Å². The third-order valence-electron chi connectivity index (χ3n) is 3.83. The van der Waals surface area contributed by atoms with Gasteiger partial charge < -0.3 is 14.4 Å². The summed E-state index contributed by atoms with van der Waals surface area (Å²) in [7, 11) is 0. The highest BCUT2D eigenvalue weighted by Gasteiger charge is 2.30. The molecule has 0 bridgehead atoms. The van der Waals surface area contributed by atoms with Crippen LogP contribution in [0.4, 0.5) is 4.79 Å². The van der Waals surface area contributed by atoms with Crippen molar-refractivity contribution in [2.75, 3.05) is 32.8 Å². The minimum atomic E-state index is -0.507. The van der Waals surface area contributed by atoms with Crippen molar-refractivity contribution in [3.63, 3.8) is 0 Å². The normalized spacial score (nSPS) is 17.6. The molecule has 0 saturated carbocycles. The van der Waals surface area contributed by atoms with Crippen molar-refractivity contribution in [2.45, 2.75) is 39.3 Å². The van der Waals surface area contributed by atoms with Crippen LogP contribution >= 0.6 is 0 Å². The van der Waals surface area contributed by atoms with Crippen LogP contribution in [0.1, 0.15) is 27.7 Å². The molecule has 0 radical (unpaired) electrons. The first-order valence-electron chi connectivity index (χ1n) is 8.50. The number of ether oxygens (including phenoxy) is 2. The highest BCUT2D eigenvalue weighted by atomic mass is 16.6. The maximum absolute atomic E-state index is 12.2. The second kappa shape index (κ2) is 9.42. The van der Waals surface area contributed by atoms with Crippen molar-refractivity contribution >= 4 is 12.1 Å². The highest BCUT2D eigenvalue weighted by Crippen LogP contribution is 2.13. The maximum Gasteiger partial charge on any atom is 0.410 e.